The minimum absolute atomic E-state index is 0.0434. The van der Waals surface area contributed by atoms with Crippen molar-refractivity contribution in [3.8, 4) is 11.5 Å². The maximum Gasteiger partial charge on any atom is 0.421 e. The molecule has 32 heavy (non-hydrogen) atoms. The van der Waals surface area contributed by atoms with Crippen molar-refractivity contribution in [1.82, 2.24) is 9.97 Å². The van der Waals surface area contributed by atoms with Gasteiger partial charge in [-0.25, -0.2) is 18.2 Å². The normalized spacial score (nSPS) is 15.6. The molecule has 1 radical (unpaired) electrons. The Morgan fingerprint density at radius 2 is 2.06 bits per heavy atom. The second-order valence-corrected chi connectivity index (χ2v) is 6.80. The fourth-order valence-electron chi connectivity index (χ4n) is 3.24. The predicted octanol–water partition coefficient (Wildman–Crippen LogP) is 4.63. The lowest BCUT2D eigenvalue weighted by Crippen LogP contribution is -2.26. The smallest absolute Gasteiger partial charge is 0.421 e. The van der Waals surface area contributed by atoms with Crippen LogP contribution in [-0.4, -0.2) is 49.5 Å². The maximum absolute atomic E-state index is 13.9. The Labute approximate surface area is 179 Å². The minimum Gasteiger partial charge on any atom is -0.494 e. The SMILES string of the molecule is CCNc1nc(Nc2c(OCF)c[c]c(OC)c2N2CCC(F)(F)C2)ncc1C(F)(F)F. The van der Waals surface area contributed by atoms with Gasteiger partial charge in [0.2, 0.25) is 12.8 Å². The fourth-order valence-corrected chi connectivity index (χ4v) is 3.24. The summed E-state index contributed by atoms with van der Waals surface area (Å²) in [5.74, 6) is -3.82. The number of methoxy groups -OCH3 is 1. The number of nitrogens with one attached hydrogen (secondary N) is 2. The quantitative estimate of drug-likeness (QED) is 0.552. The van der Waals surface area contributed by atoms with Crippen LogP contribution in [0, 0.1) is 6.07 Å². The van der Waals surface area contributed by atoms with E-state index >= 15 is 0 Å². The summed E-state index contributed by atoms with van der Waals surface area (Å²) in [5.41, 5.74) is -1.05. The van der Waals surface area contributed by atoms with Crippen LogP contribution in [0.4, 0.5) is 49.5 Å². The van der Waals surface area contributed by atoms with Crippen molar-refractivity contribution in [2.75, 3.05) is 49.1 Å². The van der Waals surface area contributed by atoms with E-state index in [0.717, 1.165) is 0 Å². The number of nitrogens with zero attached hydrogens (tertiary/aromatic N) is 3. The molecule has 13 heteroatoms. The van der Waals surface area contributed by atoms with E-state index in [1.165, 1.54) is 18.1 Å². The molecule has 0 atom stereocenters. The van der Waals surface area contributed by atoms with Crippen molar-refractivity contribution in [2.24, 2.45) is 0 Å². The van der Waals surface area contributed by atoms with E-state index in [1.807, 2.05) is 0 Å². The molecular formula is C19H20F6N5O2. The molecule has 1 aliphatic heterocycles. The van der Waals surface area contributed by atoms with Gasteiger partial charge < -0.3 is 25.0 Å². The zero-order chi connectivity index (χ0) is 23.5. The summed E-state index contributed by atoms with van der Waals surface area (Å²) in [5, 5.41) is 5.18. The molecule has 0 unspecified atom stereocenters. The van der Waals surface area contributed by atoms with Gasteiger partial charge in [0.1, 0.15) is 28.5 Å². The molecule has 1 fully saturated rings. The number of hydrogen-bond donors (Lipinski definition) is 2. The van der Waals surface area contributed by atoms with Crippen LogP contribution in [-0.2, 0) is 6.18 Å². The van der Waals surface area contributed by atoms with Gasteiger partial charge in [-0.1, -0.05) is 0 Å². The Balaban J connectivity index is 2.09. The van der Waals surface area contributed by atoms with Crippen LogP contribution < -0.4 is 25.0 Å². The minimum atomic E-state index is -4.70. The largest absolute Gasteiger partial charge is 0.494 e. The number of halogens is 6. The standard InChI is InChI=1S/C19H20F6N5O2/c1-3-26-16-11(19(23,24)25)8-27-17(29-16)28-14-12(32-10-20)4-5-13(31-2)15(14)30-7-6-18(21,22)9-30/h4,8H,3,6-7,9-10H2,1-2H3,(H2,26,27,28,29). The topological polar surface area (TPSA) is 71.5 Å². The lowest BCUT2D eigenvalue weighted by Gasteiger charge is -2.25. The predicted molar refractivity (Wildman–Crippen MR) is 105 cm³/mol. The van der Waals surface area contributed by atoms with E-state index in [1.54, 1.807) is 6.92 Å². The number of rotatable bonds is 8. The van der Waals surface area contributed by atoms with Crippen LogP contribution in [0.2, 0.25) is 0 Å². The van der Waals surface area contributed by atoms with Gasteiger partial charge in [-0.05, 0) is 13.0 Å². The first-order valence-corrected chi connectivity index (χ1v) is 9.49. The van der Waals surface area contributed by atoms with Gasteiger partial charge in [0, 0.05) is 31.8 Å². The molecule has 1 aromatic carbocycles. The molecule has 0 bridgehead atoms. The van der Waals surface area contributed by atoms with Gasteiger partial charge in [-0.3, -0.25) is 0 Å². The van der Waals surface area contributed by atoms with Crippen LogP contribution >= 0.6 is 0 Å². The van der Waals surface area contributed by atoms with Crippen LogP contribution in [0.1, 0.15) is 18.9 Å². The van der Waals surface area contributed by atoms with Crippen molar-refractivity contribution >= 4 is 23.1 Å². The van der Waals surface area contributed by atoms with Gasteiger partial charge in [0.25, 0.3) is 5.92 Å². The zero-order valence-electron chi connectivity index (χ0n) is 17.1. The van der Waals surface area contributed by atoms with Crippen molar-refractivity contribution < 1.29 is 35.8 Å². The molecule has 175 valence electrons. The molecular weight excluding hydrogens is 444 g/mol. The number of ether oxygens (including phenoxy) is 2. The second kappa shape index (κ2) is 9.17. The number of benzene rings is 1. The molecule has 2 aromatic rings. The zero-order valence-corrected chi connectivity index (χ0v) is 17.1. The van der Waals surface area contributed by atoms with Gasteiger partial charge >= 0.3 is 6.18 Å². The highest BCUT2D eigenvalue weighted by Crippen LogP contribution is 2.46. The van der Waals surface area contributed by atoms with E-state index in [2.05, 4.69) is 26.7 Å². The third kappa shape index (κ3) is 5.02. The Hall–Kier alpha value is -3.12. The number of anilines is 4. The molecule has 0 spiro atoms. The van der Waals surface area contributed by atoms with E-state index in [4.69, 9.17) is 9.47 Å². The highest BCUT2D eigenvalue weighted by molar-refractivity contribution is 5.84. The fraction of sp³-hybridized carbons (Fsp3) is 0.474. The van der Waals surface area contributed by atoms with E-state index in [0.29, 0.717) is 6.20 Å². The Morgan fingerprint density at radius 3 is 2.62 bits per heavy atom. The number of alkyl halides is 6. The van der Waals surface area contributed by atoms with Crippen molar-refractivity contribution in [3.63, 3.8) is 0 Å². The van der Waals surface area contributed by atoms with Gasteiger partial charge in [-0.2, -0.15) is 18.2 Å². The summed E-state index contributed by atoms with van der Waals surface area (Å²) in [4.78, 5) is 8.83. The molecule has 0 saturated carbocycles. The van der Waals surface area contributed by atoms with Crippen molar-refractivity contribution in [2.45, 2.75) is 25.4 Å². The molecule has 3 rings (SSSR count). The van der Waals surface area contributed by atoms with Crippen LogP contribution in [0.3, 0.4) is 0 Å². The molecule has 2 heterocycles. The van der Waals surface area contributed by atoms with E-state index < -0.39 is 43.3 Å². The third-order valence-corrected chi connectivity index (χ3v) is 4.61. The summed E-state index contributed by atoms with van der Waals surface area (Å²) in [6.45, 7) is -0.214. The molecule has 2 N–H and O–H groups in total. The van der Waals surface area contributed by atoms with E-state index in [9.17, 15) is 26.3 Å². The molecule has 1 aliphatic rings. The van der Waals surface area contributed by atoms with Crippen molar-refractivity contribution in [1.29, 1.82) is 0 Å². The van der Waals surface area contributed by atoms with Crippen LogP contribution in [0.5, 0.6) is 11.5 Å². The van der Waals surface area contributed by atoms with Gasteiger partial charge in [0.15, 0.2) is 5.75 Å². The third-order valence-electron chi connectivity index (χ3n) is 4.61. The first kappa shape index (κ1) is 23.5. The molecule has 7 nitrogen and oxygen atoms in total. The average molecular weight is 464 g/mol. The lowest BCUT2D eigenvalue weighted by atomic mass is 10.2. The summed E-state index contributed by atoms with van der Waals surface area (Å²) >= 11 is 0. The molecule has 1 saturated heterocycles. The first-order chi connectivity index (χ1) is 15.1. The highest BCUT2D eigenvalue weighted by Gasteiger charge is 2.41. The first-order valence-electron chi connectivity index (χ1n) is 9.49. The van der Waals surface area contributed by atoms with Crippen LogP contribution in [0.15, 0.2) is 12.3 Å². The van der Waals surface area contributed by atoms with Gasteiger partial charge in [0.05, 0.1) is 13.7 Å². The Bertz CT molecular complexity index is 957. The molecule has 0 amide bonds. The second-order valence-electron chi connectivity index (χ2n) is 6.80. The maximum atomic E-state index is 13.9. The summed E-state index contributed by atoms with van der Waals surface area (Å²) in [6.07, 6.45) is -4.54. The average Bonchev–Trinajstić information content (AvgIpc) is 3.08. The highest BCUT2D eigenvalue weighted by atomic mass is 19.4. The Kier molecular flexibility index (Phi) is 6.74. The molecule has 1 aromatic heterocycles. The van der Waals surface area contributed by atoms with Crippen molar-refractivity contribution in [3.05, 3.63) is 23.9 Å². The van der Waals surface area contributed by atoms with Crippen LogP contribution in [0.25, 0.3) is 0 Å². The summed E-state index contributed by atoms with van der Waals surface area (Å²) in [6, 6.07) is 3.90. The van der Waals surface area contributed by atoms with E-state index in [-0.39, 0.29) is 41.9 Å². The molecule has 0 aliphatic carbocycles. The number of hydrogen-bond acceptors (Lipinski definition) is 7. The monoisotopic (exact) mass is 464 g/mol. The van der Waals surface area contributed by atoms with Gasteiger partial charge in [-0.15, -0.1) is 0 Å². The summed E-state index contributed by atoms with van der Waals surface area (Å²) < 4.78 is 90.6. The Morgan fingerprint density at radius 1 is 1.31 bits per heavy atom. The lowest BCUT2D eigenvalue weighted by molar-refractivity contribution is -0.137. The number of aromatic nitrogens is 2. The summed E-state index contributed by atoms with van der Waals surface area (Å²) in [7, 11) is 1.29.